The van der Waals surface area contributed by atoms with Crippen molar-refractivity contribution in [2.24, 2.45) is 0 Å². The molecule has 0 radical (unpaired) electrons. The van der Waals surface area contributed by atoms with E-state index in [-0.39, 0.29) is 11.4 Å². The maximum atomic E-state index is 10.8. The highest BCUT2D eigenvalue weighted by Gasteiger charge is 2.17. The molecule has 0 amide bonds. The van der Waals surface area contributed by atoms with Crippen LogP contribution in [-0.2, 0) is 9.53 Å². The molecular formula is C7H12O2S2. The van der Waals surface area contributed by atoms with E-state index in [0.29, 0.717) is 6.42 Å². The highest BCUT2D eigenvalue weighted by atomic mass is 32.2. The number of hydrogen-bond acceptors (Lipinski definition) is 4. The number of esters is 1. The Bertz CT molecular complexity index is 132. The number of hydrogen-bond donors (Lipinski definition) is 0. The molecule has 2 nitrogen and oxygen atoms in total. The van der Waals surface area contributed by atoms with Crippen LogP contribution in [0.4, 0.5) is 0 Å². The molecule has 4 heteroatoms. The van der Waals surface area contributed by atoms with Crippen LogP contribution >= 0.6 is 23.5 Å². The van der Waals surface area contributed by atoms with Crippen LogP contribution < -0.4 is 0 Å². The van der Waals surface area contributed by atoms with Gasteiger partial charge in [-0.3, -0.25) is 4.79 Å². The third kappa shape index (κ3) is 3.38. The van der Waals surface area contributed by atoms with E-state index < -0.39 is 0 Å². The van der Waals surface area contributed by atoms with Gasteiger partial charge in [0.2, 0.25) is 0 Å². The molecule has 1 heterocycles. The zero-order valence-electron chi connectivity index (χ0n) is 6.54. The Labute approximate surface area is 75.4 Å². The first-order chi connectivity index (χ1) is 5.33. The van der Waals surface area contributed by atoms with E-state index in [2.05, 4.69) is 0 Å². The van der Waals surface area contributed by atoms with Gasteiger partial charge in [0.05, 0.1) is 0 Å². The Balaban J connectivity index is 2.19. The lowest BCUT2D eigenvalue weighted by Crippen LogP contribution is -2.20. The predicted molar refractivity (Wildman–Crippen MR) is 50.0 cm³/mol. The highest BCUT2D eigenvalue weighted by molar-refractivity contribution is 8.06. The van der Waals surface area contributed by atoms with E-state index >= 15 is 0 Å². The Morgan fingerprint density at radius 1 is 1.64 bits per heavy atom. The van der Waals surface area contributed by atoms with Crippen LogP contribution in [0.1, 0.15) is 13.3 Å². The van der Waals surface area contributed by atoms with E-state index in [1.807, 2.05) is 18.7 Å². The Morgan fingerprint density at radius 3 is 3.00 bits per heavy atom. The van der Waals surface area contributed by atoms with Crippen LogP contribution in [0.15, 0.2) is 0 Å². The van der Waals surface area contributed by atoms with Crippen molar-refractivity contribution in [2.75, 3.05) is 17.3 Å². The molecule has 1 fully saturated rings. The van der Waals surface area contributed by atoms with Crippen LogP contribution in [0.3, 0.4) is 0 Å². The van der Waals surface area contributed by atoms with Gasteiger partial charge in [-0.15, -0.1) is 11.8 Å². The molecule has 0 aromatic heterocycles. The lowest BCUT2D eigenvalue weighted by molar-refractivity contribution is -0.143. The average molecular weight is 192 g/mol. The zero-order chi connectivity index (χ0) is 8.10. The van der Waals surface area contributed by atoms with Crippen LogP contribution in [0, 0.1) is 0 Å². The van der Waals surface area contributed by atoms with Crippen molar-refractivity contribution in [1.29, 1.82) is 0 Å². The summed E-state index contributed by atoms with van der Waals surface area (Å²) in [5.74, 6) is 3.16. The standard InChI is InChI=1S/C7H12O2S2/c1-2-6(8)9-7-5-10-3-4-11-7/h7H,2-5H2,1H3. The molecule has 1 rings (SSSR count). The fourth-order valence-electron chi connectivity index (χ4n) is 0.764. The van der Waals surface area contributed by atoms with Crippen molar-refractivity contribution in [3.63, 3.8) is 0 Å². The van der Waals surface area contributed by atoms with E-state index in [1.165, 1.54) is 5.75 Å². The molecule has 0 aliphatic carbocycles. The minimum atomic E-state index is -0.0787. The summed E-state index contributed by atoms with van der Waals surface area (Å²) in [4.78, 5) is 10.8. The SMILES string of the molecule is CCC(=O)OC1CSCCS1. The second-order valence-corrected chi connectivity index (χ2v) is 4.64. The summed E-state index contributed by atoms with van der Waals surface area (Å²) in [5, 5.41) is 0. The molecular weight excluding hydrogens is 180 g/mol. The minimum Gasteiger partial charge on any atom is -0.450 e. The fourth-order valence-corrected chi connectivity index (χ4v) is 3.16. The number of ether oxygens (including phenoxy) is 1. The third-order valence-electron chi connectivity index (χ3n) is 1.34. The average Bonchev–Trinajstić information content (AvgIpc) is 2.06. The van der Waals surface area contributed by atoms with Gasteiger partial charge in [-0.25, -0.2) is 0 Å². The molecule has 0 bridgehead atoms. The maximum Gasteiger partial charge on any atom is 0.306 e. The predicted octanol–water partition coefficient (Wildman–Crippen LogP) is 1.75. The number of rotatable bonds is 2. The first-order valence-corrected chi connectivity index (χ1v) is 5.92. The molecule has 11 heavy (non-hydrogen) atoms. The van der Waals surface area contributed by atoms with Crippen LogP contribution in [-0.4, -0.2) is 28.7 Å². The zero-order valence-corrected chi connectivity index (χ0v) is 8.17. The van der Waals surface area contributed by atoms with Gasteiger partial charge in [0, 0.05) is 23.7 Å². The van der Waals surface area contributed by atoms with Crippen molar-refractivity contribution >= 4 is 29.5 Å². The van der Waals surface area contributed by atoms with Gasteiger partial charge in [-0.2, -0.15) is 11.8 Å². The molecule has 1 atom stereocenters. The Morgan fingerprint density at radius 2 is 2.45 bits per heavy atom. The molecule has 1 aliphatic rings. The van der Waals surface area contributed by atoms with Crippen molar-refractivity contribution in [3.8, 4) is 0 Å². The van der Waals surface area contributed by atoms with Gasteiger partial charge in [0.15, 0.2) is 5.44 Å². The molecule has 0 spiro atoms. The van der Waals surface area contributed by atoms with Gasteiger partial charge in [-0.1, -0.05) is 6.92 Å². The molecule has 0 N–H and O–H groups in total. The lowest BCUT2D eigenvalue weighted by Gasteiger charge is -2.20. The van der Waals surface area contributed by atoms with Gasteiger partial charge < -0.3 is 4.74 Å². The topological polar surface area (TPSA) is 26.3 Å². The molecule has 1 aliphatic heterocycles. The van der Waals surface area contributed by atoms with Gasteiger partial charge >= 0.3 is 5.97 Å². The van der Waals surface area contributed by atoms with Gasteiger partial charge in [0.1, 0.15) is 0 Å². The number of thioether (sulfide) groups is 2. The molecule has 0 aromatic carbocycles. The van der Waals surface area contributed by atoms with Crippen LogP contribution in [0.2, 0.25) is 0 Å². The molecule has 0 saturated carbocycles. The highest BCUT2D eigenvalue weighted by Crippen LogP contribution is 2.24. The minimum absolute atomic E-state index is 0.0787. The number of carbonyl (C=O) groups excluding carboxylic acids is 1. The van der Waals surface area contributed by atoms with E-state index in [9.17, 15) is 4.79 Å². The normalized spacial score (nSPS) is 24.6. The molecule has 1 saturated heterocycles. The molecule has 1 unspecified atom stereocenters. The maximum absolute atomic E-state index is 10.8. The molecule has 64 valence electrons. The number of carbonyl (C=O) groups is 1. The van der Waals surface area contributed by atoms with Gasteiger partial charge in [0.25, 0.3) is 0 Å². The Hall–Kier alpha value is 0.170. The summed E-state index contributed by atoms with van der Waals surface area (Å²) in [6, 6.07) is 0. The van der Waals surface area contributed by atoms with Crippen molar-refractivity contribution < 1.29 is 9.53 Å². The summed E-state index contributed by atoms with van der Waals surface area (Å²) >= 11 is 3.60. The summed E-state index contributed by atoms with van der Waals surface area (Å²) in [5.41, 5.74) is 0.112. The summed E-state index contributed by atoms with van der Waals surface area (Å²) in [6.45, 7) is 1.82. The smallest absolute Gasteiger partial charge is 0.306 e. The summed E-state index contributed by atoms with van der Waals surface area (Å²) in [6.07, 6.45) is 0.488. The monoisotopic (exact) mass is 192 g/mol. The van der Waals surface area contributed by atoms with Crippen molar-refractivity contribution in [1.82, 2.24) is 0 Å². The molecule has 0 aromatic rings. The van der Waals surface area contributed by atoms with E-state index in [0.717, 1.165) is 11.5 Å². The van der Waals surface area contributed by atoms with E-state index in [4.69, 9.17) is 4.74 Å². The second kappa shape index (κ2) is 4.93. The van der Waals surface area contributed by atoms with Gasteiger partial charge in [-0.05, 0) is 0 Å². The summed E-state index contributed by atoms with van der Waals surface area (Å²) in [7, 11) is 0. The largest absolute Gasteiger partial charge is 0.450 e. The fraction of sp³-hybridized carbons (Fsp3) is 0.857. The van der Waals surface area contributed by atoms with Crippen LogP contribution in [0.5, 0.6) is 0 Å². The lowest BCUT2D eigenvalue weighted by atomic mass is 10.5. The first kappa shape index (κ1) is 9.26. The summed E-state index contributed by atoms with van der Waals surface area (Å²) < 4.78 is 5.14. The second-order valence-electron chi connectivity index (χ2n) is 2.22. The quantitative estimate of drug-likeness (QED) is 0.623. The first-order valence-electron chi connectivity index (χ1n) is 3.71. The third-order valence-corrected chi connectivity index (χ3v) is 3.91. The van der Waals surface area contributed by atoms with Crippen molar-refractivity contribution in [2.45, 2.75) is 18.8 Å². The van der Waals surface area contributed by atoms with Crippen LogP contribution in [0.25, 0.3) is 0 Å². The van der Waals surface area contributed by atoms with E-state index in [1.54, 1.807) is 11.8 Å². The Kier molecular flexibility index (Phi) is 4.15. The van der Waals surface area contributed by atoms with Crippen molar-refractivity contribution in [3.05, 3.63) is 0 Å².